The molecule has 1 N–H and O–H groups in total. The zero-order valence-electron chi connectivity index (χ0n) is 14.9. The van der Waals surface area contributed by atoms with E-state index in [0.29, 0.717) is 18.9 Å². The van der Waals surface area contributed by atoms with Crippen molar-refractivity contribution in [3.63, 3.8) is 0 Å². The highest BCUT2D eigenvalue weighted by Crippen LogP contribution is 2.41. The molecule has 0 bridgehead atoms. The van der Waals surface area contributed by atoms with Crippen LogP contribution in [0.25, 0.3) is 0 Å². The van der Waals surface area contributed by atoms with Gasteiger partial charge in [0.15, 0.2) is 0 Å². The zero-order valence-corrected chi connectivity index (χ0v) is 14.9. The molecule has 2 saturated heterocycles. The lowest BCUT2D eigenvalue weighted by molar-refractivity contribution is -0.146. The second-order valence-electron chi connectivity index (χ2n) is 8.10. The summed E-state index contributed by atoms with van der Waals surface area (Å²) in [6, 6.07) is 0. The highest BCUT2D eigenvalue weighted by atomic mass is 16.2. The Kier molecular flexibility index (Phi) is 4.52. The summed E-state index contributed by atoms with van der Waals surface area (Å²) in [4.78, 5) is 29.6. The minimum absolute atomic E-state index is 0.201. The maximum Gasteiger partial charge on any atom is 0.230 e. The molecule has 1 saturated carbocycles. The third-order valence-corrected chi connectivity index (χ3v) is 6.12. The van der Waals surface area contributed by atoms with Gasteiger partial charge in [-0.15, -0.1) is 0 Å². The molecule has 6 heteroatoms. The van der Waals surface area contributed by atoms with Gasteiger partial charge in [0.2, 0.25) is 11.8 Å². The van der Waals surface area contributed by atoms with Crippen molar-refractivity contribution in [2.24, 2.45) is 11.3 Å². The first-order valence-electron chi connectivity index (χ1n) is 9.71. The molecule has 3 heterocycles. The first-order chi connectivity index (χ1) is 12.2. The third-order valence-electron chi connectivity index (χ3n) is 6.12. The largest absolute Gasteiger partial charge is 0.342 e. The lowest BCUT2D eigenvalue weighted by Crippen LogP contribution is -2.50. The fourth-order valence-electron chi connectivity index (χ4n) is 4.42. The van der Waals surface area contributed by atoms with Gasteiger partial charge in [-0.1, -0.05) is 0 Å². The SMILES string of the molecule is O=C(CCCc1cn[nH]c1)N1CC[C@]2(CCCN(CC3CC3)C2=O)C1. The molecule has 1 spiro atoms. The summed E-state index contributed by atoms with van der Waals surface area (Å²) in [7, 11) is 0. The van der Waals surface area contributed by atoms with E-state index in [4.69, 9.17) is 0 Å². The molecular weight excluding hydrogens is 316 g/mol. The van der Waals surface area contributed by atoms with E-state index in [9.17, 15) is 9.59 Å². The molecular formula is C19H28N4O2. The number of hydrogen-bond acceptors (Lipinski definition) is 3. The van der Waals surface area contributed by atoms with Gasteiger partial charge in [-0.25, -0.2) is 0 Å². The van der Waals surface area contributed by atoms with Crippen LogP contribution in [-0.2, 0) is 16.0 Å². The van der Waals surface area contributed by atoms with Crippen LogP contribution in [-0.4, -0.2) is 58.0 Å². The Morgan fingerprint density at radius 2 is 2.20 bits per heavy atom. The van der Waals surface area contributed by atoms with Crippen molar-refractivity contribution in [1.82, 2.24) is 20.0 Å². The Balaban J connectivity index is 1.30. The lowest BCUT2D eigenvalue weighted by Gasteiger charge is -2.39. The van der Waals surface area contributed by atoms with Gasteiger partial charge in [0.05, 0.1) is 11.6 Å². The number of aryl methyl sites for hydroxylation is 1. The Bertz CT molecular complexity index is 625. The van der Waals surface area contributed by atoms with Crippen LogP contribution < -0.4 is 0 Å². The summed E-state index contributed by atoms with van der Waals surface area (Å²) in [5.74, 6) is 1.26. The average molecular weight is 344 g/mol. The molecule has 3 fully saturated rings. The number of rotatable bonds is 6. The minimum Gasteiger partial charge on any atom is -0.342 e. The molecule has 0 unspecified atom stereocenters. The van der Waals surface area contributed by atoms with Gasteiger partial charge in [-0.3, -0.25) is 14.7 Å². The van der Waals surface area contributed by atoms with Gasteiger partial charge in [0.25, 0.3) is 0 Å². The topological polar surface area (TPSA) is 69.3 Å². The van der Waals surface area contributed by atoms with Crippen molar-refractivity contribution in [2.75, 3.05) is 26.2 Å². The van der Waals surface area contributed by atoms with E-state index < -0.39 is 0 Å². The Morgan fingerprint density at radius 3 is 2.96 bits per heavy atom. The molecule has 4 rings (SSSR count). The van der Waals surface area contributed by atoms with Crippen molar-refractivity contribution >= 4 is 11.8 Å². The van der Waals surface area contributed by atoms with Crippen LogP contribution >= 0.6 is 0 Å². The number of likely N-dealkylation sites (tertiary alicyclic amines) is 2. The molecule has 25 heavy (non-hydrogen) atoms. The van der Waals surface area contributed by atoms with E-state index in [0.717, 1.165) is 63.2 Å². The van der Waals surface area contributed by atoms with E-state index in [2.05, 4.69) is 15.1 Å². The van der Waals surface area contributed by atoms with Crippen molar-refractivity contribution in [1.29, 1.82) is 0 Å². The van der Waals surface area contributed by atoms with E-state index in [1.54, 1.807) is 0 Å². The van der Waals surface area contributed by atoms with E-state index in [-0.39, 0.29) is 11.3 Å². The van der Waals surface area contributed by atoms with Crippen LogP contribution in [0.15, 0.2) is 12.4 Å². The van der Waals surface area contributed by atoms with Crippen molar-refractivity contribution in [3.05, 3.63) is 18.0 Å². The summed E-state index contributed by atoms with van der Waals surface area (Å²) in [6.45, 7) is 3.24. The number of amides is 2. The van der Waals surface area contributed by atoms with Crippen LogP contribution in [0.3, 0.4) is 0 Å². The number of aromatic amines is 1. The maximum atomic E-state index is 13.0. The first-order valence-corrected chi connectivity index (χ1v) is 9.71. The zero-order chi connectivity index (χ0) is 17.3. The number of hydrogen-bond donors (Lipinski definition) is 1. The van der Waals surface area contributed by atoms with Crippen LogP contribution in [0.1, 0.15) is 50.5 Å². The Morgan fingerprint density at radius 1 is 1.32 bits per heavy atom. The predicted molar refractivity (Wildman–Crippen MR) is 93.7 cm³/mol. The van der Waals surface area contributed by atoms with Gasteiger partial charge in [-0.2, -0.15) is 5.10 Å². The highest BCUT2D eigenvalue weighted by Gasteiger charge is 2.49. The molecule has 2 amide bonds. The fraction of sp³-hybridized carbons (Fsp3) is 0.737. The number of nitrogens with zero attached hydrogens (tertiary/aromatic N) is 3. The van der Waals surface area contributed by atoms with E-state index in [1.165, 1.54) is 12.8 Å². The number of carbonyl (C=O) groups excluding carboxylic acids is 2. The molecule has 1 aromatic rings. The van der Waals surface area contributed by atoms with Crippen LogP contribution in [0, 0.1) is 11.3 Å². The number of H-pyrrole nitrogens is 1. The number of piperidine rings is 1. The Hall–Kier alpha value is -1.85. The number of carbonyl (C=O) groups is 2. The summed E-state index contributed by atoms with van der Waals surface area (Å²) in [5, 5.41) is 6.73. The van der Waals surface area contributed by atoms with Gasteiger partial charge < -0.3 is 9.80 Å². The van der Waals surface area contributed by atoms with Gasteiger partial charge in [-0.05, 0) is 56.4 Å². The molecule has 1 aliphatic carbocycles. The molecule has 136 valence electrons. The van der Waals surface area contributed by atoms with Crippen LogP contribution in [0.4, 0.5) is 0 Å². The van der Waals surface area contributed by atoms with Crippen molar-refractivity contribution in [2.45, 2.75) is 51.4 Å². The maximum absolute atomic E-state index is 13.0. The second kappa shape index (κ2) is 6.81. The monoisotopic (exact) mass is 344 g/mol. The second-order valence-corrected chi connectivity index (χ2v) is 8.10. The summed E-state index contributed by atoms with van der Waals surface area (Å²) < 4.78 is 0. The van der Waals surface area contributed by atoms with E-state index in [1.807, 2.05) is 17.3 Å². The summed E-state index contributed by atoms with van der Waals surface area (Å²) >= 11 is 0. The lowest BCUT2D eigenvalue weighted by atomic mass is 9.78. The minimum atomic E-state index is -0.284. The fourth-order valence-corrected chi connectivity index (χ4v) is 4.42. The number of nitrogens with one attached hydrogen (secondary N) is 1. The standard InChI is InChI=1S/C19H28N4O2/c24-17(4-1-3-16-11-20-21-12-16)23-10-8-19(14-23)7-2-9-22(18(19)25)13-15-5-6-15/h11-12,15H,1-10,13-14H2,(H,20,21)/t19-/m1/s1. The number of aromatic nitrogens is 2. The van der Waals surface area contributed by atoms with Crippen molar-refractivity contribution in [3.8, 4) is 0 Å². The summed E-state index contributed by atoms with van der Waals surface area (Å²) in [5.41, 5.74) is 0.858. The van der Waals surface area contributed by atoms with Crippen LogP contribution in [0.5, 0.6) is 0 Å². The van der Waals surface area contributed by atoms with Crippen LogP contribution in [0.2, 0.25) is 0 Å². The smallest absolute Gasteiger partial charge is 0.230 e. The van der Waals surface area contributed by atoms with E-state index >= 15 is 0 Å². The molecule has 0 radical (unpaired) electrons. The van der Waals surface area contributed by atoms with Crippen molar-refractivity contribution < 1.29 is 9.59 Å². The molecule has 1 aromatic heterocycles. The molecule has 0 aromatic carbocycles. The first kappa shape index (κ1) is 16.6. The summed E-state index contributed by atoms with van der Waals surface area (Å²) in [6.07, 6.45) is 11.4. The molecule has 2 aliphatic heterocycles. The van der Waals surface area contributed by atoms with Gasteiger partial charge >= 0.3 is 0 Å². The Labute approximate surface area is 148 Å². The van der Waals surface area contributed by atoms with Gasteiger partial charge in [0.1, 0.15) is 0 Å². The normalized spacial score (nSPS) is 26.6. The molecule has 6 nitrogen and oxygen atoms in total. The molecule has 3 aliphatic rings. The molecule has 1 atom stereocenters. The average Bonchev–Trinajstić information content (AvgIpc) is 3.10. The quantitative estimate of drug-likeness (QED) is 0.858. The third kappa shape index (κ3) is 3.58. The van der Waals surface area contributed by atoms with Gasteiger partial charge in [0, 0.05) is 38.8 Å². The predicted octanol–water partition coefficient (Wildman–Crippen LogP) is 1.98. The highest BCUT2D eigenvalue weighted by molar-refractivity contribution is 5.86.